The minimum Gasteiger partial charge on any atom is -0.491 e. The maximum Gasteiger partial charge on any atom is 0.238 e. The number of ether oxygens (including phenoxy) is 2. The Labute approximate surface area is 114 Å². The van der Waals surface area contributed by atoms with Crippen LogP contribution in [0.5, 0.6) is 5.75 Å². The third kappa shape index (κ3) is 4.49. The van der Waals surface area contributed by atoms with Crippen LogP contribution in [0.15, 0.2) is 17.0 Å². The van der Waals surface area contributed by atoms with Crippen LogP contribution in [0.25, 0.3) is 0 Å². The maximum absolute atomic E-state index is 11.4. The lowest BCUT2D eigenvalue weighted by Gasteiger charge is -2.13. The first-order valence-corrected chi connectivity index (χ1v) is 7.76. The standard InChI is InChI=1S/C13H21NO4S/c1-4-7-17-8-9-18-12-5-6-13(19(14,15)16)11(3)10(12)2/h5-6H,4,7-9H2,1-3H3,(H2,14,15,16). The Kier molecular flexibility index (Phi) is 5.78. The zero-order valence-corrected chi connectivity index (χ0v) is 12.4. The molecule has 0 aliphatic heterocycles. The second kappa shape index (κ2) is 6.88. The topological polar surface area (TPSA) is 78.6 Å². The van der Waals surface area contributed by atoms with Crippen LogP contribution in [0.2, 0.25) is 0 Å². The SMILES string of the molecule is CCCOCCOc1ccc(S(N)(=O)=O)c(C)c1C. The van der Waals surface area contributed by atoms with Gasteiger partial charge in [-0.2, -0.15) is 0 Å². The summed E-state index contributed by atoms with van der Waals surface area (Å²) in [5.74, 6) is 0.657. The Hall–Kier alpha value is -1.11. The van der Waals surface area contributed by atoms with Gasteiger partial charge in [0.1, 0.15) is 12.4 Å². The van der Waals surface area contributed by atoms with E-state index in [2.05, 4.69) is 0 Å². The van der Waals surface area contributed by atoms with E-state index in [1.54, 1.807) is 13.0 Å². The van der Waals surface area contributed by atoms with Crippen LogP contribution in [-0.4, -0.2) is 28.2 Å². The summed E-state index contributed by atoms with van der Waals surface area (Å²) in [7, 11) is -3.69. The summed E-state index contributed by atoms with van der Waals surface area (Å²) in [5, 5.41) is 5.14. The number of benzene rings is 1. The van der Waals surface area contributed by atoms with Gasteiger partial charge in [-0.3, -0.25) is 0 Å². The smallest absolute Gasteiger partial charge is 0.238 e. The van der Waals surface area contributed by atoms with Gasteiger partial charge in [-0.05, 0) is 43.5 Å². The molecule has 0 bridgehead atoms. The molecule has 0 atom stereocenters. The summed E-state index contributed by atoms with van der Waals surface area (Å²) in [6.07, 6.45) is 0.973. The fraction of sp³-hybridized carbons (Fsp3) is 0.538. The van der Waals surface area contributed by atoms with E-state index in [4.69, 9.17) is 14.6 Å². The van der Waals surface area contributed by atoms with E-state index in [-0.39, 0.29) is 4.90 Å². The van der Waals surface area contributed by atoms with Crippen LogP contribution >= 0.6 is 0 Å². The Morgan fingerprint density at radius 1 is 1.11 bits per heavy atom. The number of primary sulfonamides is 1. The van der Waals surface area contributed by atoms with E-state index < -0.39 is 10.0 Å². The van der Waals surface area contributed by atoms with E-state index in [0.717, 1.165) is 12.0 Å². The van der Waals surface area contributed by atoms with Crippen LogP contribution in [0.3, 0.4) is 0 Å². The zero-order valence-electron chi connectivity index (χ0n) is 11.6. The highest BCUT2D eigenvalue weighted by atomic mass is 32.2. The largest absolute Gasteiger partial charge is 0.491 e. The Morgan fingerprint density at radius 2 is 1.79 bits per heavy atom. The predicted molar refractivity (Wildman–Crippen MR) is 73.9 cm³/mol. The quantitative estimate of drug-likeness (QED) is 0.775. The van der Waals surface area contributed by atoms with Gasteiger partial charge >= 0.3 is 0 Å². The highest BCUT2D eigenvalue weighted by molar-refractivity contribution is 7.89. The van der Waals surface area contributed by atoms with Crippen molar-refractivity contribution in [3.63, 3.8) is 0 Å². The lowest BCUT2D eigenvalue weighted by molar-refractivity contribution is 0.100. The van der Waals surface area contributed by atoms with Crippen molar-refractivity contribution in [1.82, 2.24) is 0 Å². The first-order chi connectivity index (χ1) is 8.88. The average Bonchev–Trinajstić information content (AvgIpc) is 2.32. The minimum atomic E-state index is -3.69. The second-order valence-electron chi connectivity index (χ2n) is 4.32. The fourth-order valence-corrected chi connectivity index (χ4v) is 2.53. The molecule has 1 rings (SSSR count). The average molecular weight is 287 g/mol. The Morgan fingerprint density at radius 3 is 2.37 bits per heavy atom. The molecule has 1 aromatic rings. The summed E-state index contributed by atoms with van der Waals surface area (Å²) in [4.78, 5) is 0.139. The molecule has 0 aliphatic carbocycles. The molecule has 0 unspecified atom stereocenters. The van der Waals surface area contributed by atoms with Gasteiger partial charge in [-0.25, -0.2) is 13.6 Å². The van der Waals surface area contributed by atoms with Crippen molar-refractivity contribution in [2.45, 2.75) is 32.1 Å². The predicted octanol–water partition coefficient (Wildman–Crippen LogP) is 1.76. The molecule has 0 aliphatic rings. The van der Waals surface area contributed by atoms with E-state index in [1.807, 2.05) is 13.8 Å². The Bertz CT molecular complexity index is 526. The summed E-state index contributed by atoms with van der Waals surface area (Å²) in [6.45, 7) is 7.24. The molecular formula is C13H21NO4S. The number of sulfonamides is 1. The van der Waals surface area contributed by atoms with Gasteiger partial charge < -0.3 is 9.47 Å². The number of rotatable bonds is 7. The number of hydrogen-bond acceptors (Lipinski definition) is 4. The summed E-state index contributed by atoms with van der Waals surface area (Å²) in [5.41, 5.74) is 1.40. The van der Waals surface area contributed by atoms with E-state index in [0.29, 0.717) is 31.1 Å². The van der Waals surface area contributed by atoms with E-state index in [1.165, 1.54) is 6.07 Å². The van der Waals surface area contributed by atoms with Gasteiger partial charge in [0.15, 0.2) is 0 Å². The molecule has 0 fully saturated rings. The lowest BCUT2D eigenvalue weighted by Crippen LogP contribution is -2.15. The van der Waals surface area contributed by atoms with Crippen molar-refractivity contribution in [3.05, 3.63) is 23.3 Å². The molecule has 0 heterocycles. The van der Waals surface area contributed by atoms with E-state index >= 15 is 0 Å². The molecule has 0 saturated carbocycles. The van der Waals surface area contributed by atoms with Gasteiger partial charge in [0.05, 0.1) is 11.5 Å². The highest BCUT2D eigenvalue weighted by Crippen LogP contribution is 2.26. The van der Waals surface area contributed by atoms with E-state index in [9.17, 15) is 8.42 Å². The maximum atomic E-state index is 11.4. The van der Waals surface area contributed by atoms with Gasteiger partial charge in [0, 0.05) is 6.61 Å². The molecule has 0 saturated heterocycles. The fourth-order valence-electron chi connectivity index (χ4n) is 1.69. The molecule has 0 radical (unpaired) electrons. The van der Waals surface area contributed by atoms with Gasteiger partial charge in [-0.15, -0.1) is 0 Å². The second-order valence-corrected chi connectivity index (χ2v) is 5.85. The van der Waals surface area contributed by atoms with Crippen LogP contribution in [0.1, 0.15) is 24.5 Å². The van der Waals surface area contributed by atoms with Crippen molar-refractivity contribution < 1.29 is 17.9 Å². The monoisotopic (exact) mass is 287 g/mol. The Balaban J connectivity index is 2.75. The molecule has 2 N–H and O–H groups in total. The molecule has 0 amide bonds. The first kappa shape index (κ1) is 15.9. The van der Waals surface area contributed by atoms with Crippen LogP contribution in [-0.2, 0) is 14.8 Å². The van der Waals surface area contributed by atoms with Crippen molar-refractivity contribution >= 4 is 10.0 Å². The zero-order chi connectivity index (χ0) is 14.5. The molecule has 5 nitrogen and oxygen atoms in total. The van der Waals surface area contributed by atoms with Crippen LogP contribution < -0.4 is 9.88 Å². The molecule has 19 heavy (non-hydrogen) atoms. The number of nitrogens with two attached hydrogens (primary N) is 1. The highest BCUT2D eigenvalue weighted by Gasteiger charge is 2.15. The van der Waals surface area contributed by atoms with Crippen molar-refractivity contribution in [2.75, 3.05) is 19.8 Å². The van der Waals surface area contributed by atoms with Crippen molar-refractivity contribution in [3.8, 4) is 5.75 Å². The third-order valence-electron chi connectivity index (χ3n) is 2.83. The van der Waals surface area contributed by atoms with Gasteiger partial charge in [0.25, 0.3) is 0 Å². The van der Waals surface area contributed by atoms with Crippen molar-refractivity contribution in [1.29, 1.82) is 0 Å². The van der Waals surface area contributed by atoms with Crippen molar-refractivity contribution in [2.24, 2.45) is 5.14 Å². The molecule has 1 aromatic carbocycles. The number of hydrogen-bond donors (Lipinski definition) is 1. The van der Waals surface area contributed by atoms with Crippen LogP contribution in [0.4, 0.5) is 0 Å². The molecule has 6 heteroatoms. The molecule has 0 spiro atoms. The van der Waals surface area contributed by atoms with Gasteiger partial charge in [0.2, 0.25) is 10.0 Å². The molecule has 0 aromatic heterocycles. The normalized spacial score (nSPS) is 11.6. The summed E-state index contributed by atoms with van der Waals surface area (Å²) >= 11 is 0. The lowest BCUT2D eigenvalue weighted by atomic mass is 10.1. The van der Waals surface area contributed by atoms with Crippen LogP contribution in [0, 0.1) is 13.8 Å². The summed E-state index contributed by atoms with van der Waals surface area (Å²) < 4.78 is 33.6. The molecule has 108 valence electrons. The third-order valence-corrected chi connectivity index (χ3v) is 3.88. The first-order valence-electron chi connectivity index (χ1n) is 6.21. The minimum absolute atomic E-state index is 0.139. The van der Waals surface area contributed by atoms with Gasteiger partial charge in [-0.1, -0.05) is 6.92 Å². The summed E-state index contributed by atoms with van der Waals surface area (Å²) in [6, 6.07) is 3.10. The molecular weight excluding hydrogens is 266 g/mol.